The molecule has 0 heterocycles. The van der Waals surface area contributed by atoms with E-state index in [1.54, 1.807) is 0 Å². The monoisotopic (exact) mass is 406 g/mol. The van der Waals surface area contributed by atoms with Crippen LogP contribution in [0, 0.1) is 11.8 Å². The molecule has 0 amide bonds. The summed E-state index contributed by atoms with van der Waals surface area (Å²) in [6.45, 7) is 12.6. The number of rotatable bonds is 19. The van der Waals surface area contributed by atoms with Crippen LogP contribution >= 0.6 is 0 Å². The SMILES string of the molecule is CC(C)COCCOCCOC(=O)CCC(=O)OCCOCCOCC(C)C. The molecule has 0 fully saturated rings. The summed E-state index contributed by atoms with van der Waals surface area (Å²) in [7, 11) is 0. The molecule has 0 aromatic carbocycles. The Morgan fingerprint density at radius 1 is 0.536 bits per heavy atom. The molecule has 0 atom stereocenters. The zero-order valence-electron chi connectivity index (χ0n) is 17.9. The fourth-order valence-corrected chi connectivity index (χ4v) is 1.86. The third-order valence-electron chi connectivity index (χ3n) is 3.16. The van der Waals surface area contributed by atoms with Crippen molar-refractivity contribution in [1.82, 2.24) is 0 Å². The van der Waals surface area contributed by atoms with Crippen LogP contribution in [0.3, 0.4) is 0 Å². The number of esters is 2. The minimum absolute atomic E-state index is 0.0137. The average molecular weight is 407 g/mol. The standard InChI is InChI=1S/C20H38O8/c1-17(2)15-25-9-7-23-11-13-27-19(21)5-6-20(22)28-14-12-24-8-10-26-16-18(3)4/h17-18H,5-16H2,1-4H3. The summed E-state index contributed by atoms with van der Waals surface area (Å²) in [6, 6.07) is 0. The lowest BCUT2D eigenvalue weighted by atomic mass is 10.2. The van der Waals surface area contributed by atoms with Gasteiger partial charge < -0.3 is 28.4 Å². The zero-order valence-corrected chi connectivity index (χ0v) is 17.9. The van der Waals surface area contributed by atoms with Crippen molar-refractivity contribution >= 4 is 11.9 Å². The van der Waals surface area contributed by atoms with Crippen molar-refractivity contribution < 1.29 is 38.0 Å². The lowest BCUT2D eigenvalue weighted by Crippen LogP contribution is -2.16. The van der Waals surface area contributed by atoms with Gasteiger partial charge in [-0.2, -0.15) is 0 Å². The number of hydrogen-bond acceptors (Lipinski definition) is 8. The molecule has 0 spiro atoms. The lowest BCUT2D eigenvalue weighted by Gasteiger charge is -2.09. The van der Waals surface area contributed by atoms with E-state index in [9.17, 15) is 9.59 Å². The second-order valence-corrected chi connectivity index (χ2v) is 7.10. The molecule has 0 unspecified atom stereocenters. The maximum atomic E-state index is 11.5. The van der Waals surface area contributed by atoms with Gasteiger partial charge in [0.1, 0.15) is 13.2 Å². The number of carbonyl (C=O) groups excluding carboxylic acids is 2. The smallest absolute Gasteiger partial charge is 0.306 e. The van der Waals surface area contributed by atoms with E-state index in [1.807, 2.05) is 0 Å². The van der Waals surface area contributed by atoms with Crippen molar-refractivity contribution in [1.29, 1.82) is 0 Å². The fraction of sp³-hybridized carbons (Fsp3) is 0.900. The van der Waals surface area contributed by atoms with Gasteiger partial charge in [0.05, 0.1) is 52.5 Å². The summed E-state index contributed by atoms with van der Waals surface area (Å²) in [4.78, 5) is 23.1. The van der Waals surface area contributed by atoms with Crippen LogP contribution in [0.4, 0.5) is 0 Å². The highest BCUT2D eigenvalue weighted by atomic mass is 16.6. The lowest BCUT2D eigenvalue weighted by molar-refractivity contribution is -0.152. The van der Waals surface area contributed by atoms with Crippen LogP contribution in [0.2, 0.25) is 0 Å². The summed E-state index contributed by atoms with van der Waals surface area (Å²) < 4.78 is 31.3. The summed E-state index contributed by atoms with van der Waals surface area (Å²) >= 11 is 0. The molecule has 8 nitrogen and oxygen atoms in total. The van der Waals surface area contributed by atoms with Crippen molar-refractivity contribution in [2.75, 3.05) is 66.1 Å². The number of ether oxygens (including phenoxy) is 6. The number of carbonyl (C=O) groups is 2. The molecule has 0 aromatic heterocycles. The summed E-state index contributed by atoms with van der Waals surface area (Å²) in [6.07, 6.45) is -0.0273. The van der Waals surface area contributed by atoms with Crippen LogP contribution in [-0.4, -0.2) is 78.0 Å². The Bertz CT molecular complexity index is 348. The van der Waals surface area contributed by atoms with Gasteiger partial charge in [0.2, 0.25) is 0 Å². The van der Waals surface area contributed by atoms with Crippen molar-refractivity contribution in [2.24, 2.45) is 11.8 Å². The summed E-state index contributed by atoms with van der Waals surface area (Å²) in [5, 5.41) is 0. The molecule has 0 radical (unpaired) electrons. The van der Waals surface area contributed by atoms with Gasteiger partial charge in [-0.15, -0.1) is 0 Å². The zero-order chi connectivity index (χ0) is 21.0. The molecular weight excluding hydrogens is 368 g/mol. The minimum Gasteiger partial charge on any atom is -0.463 e. The van der Waals surface area contributed by atoms with Crippen molar-refractivity contribution in [3.05, 3.63) is 0 Å². The van der Waals surface area contributed by atoms with Crippen LogP contribution in [0.15, 0.2) is 0 Å². The second-order valence-electron chi connectivity index (χ2n) is 7.10. The third kappa shape index (κ3) is 21.1. The van der Waals surface area contributed by atoms with Gasteiger partial charge in [0, 0.05) is 13.2 Å². The molecule has 8 heteroatoms. The van der Waals surface area contributed by atoms with Gasteiger partial charge >= 0.3 is 11.9 Å². The maximum Gasteiger partial charge on any atom is 0.306 e. The molecule has 28 heavy (non-hydrogen) atoms. The Kier molecular flexibility index (Phi) is 18.3. The van der Waals surface area contributed by atoms with Crippen molar-refractivity contribution in [3.8, 4) is 0 Å². The van der Waals surface area contributed by atoms with Crippen LogP contribution < -0.4 is 0 Å². The molecule has 0 saturated heterocycles. The fourth-order valence-electron chi connectivity index (χ4n) is 1.86. The quantitative estimate of drug-likeness (QED) is 0.238. The minimum atomic E-state index is -0.449. The summed E-state index contributed by atoms with van der Waals surface area (Å²) in [5.41, 5.74) is 0. The first-order valence-corrected chi connectivity index (χ1v) is 10.0. The molecule has 0 bridgehead atoms. The first kappa shape index (κ1) is 26.8. The molecule has 166 valence electrons. The van der Waals surface area contributed by atoms with Crippen LogP contribution in [-0.2, 0) is 38.0 Å². The van der Waals surface area contributed by atoms with E-state index in [1.165, 1.54) is 0 Å². The Labute approximate surface area is 169 Å². The first-order valence-electron chi connectivity index (χ1n) is 10.0. The van der Waals surface area contributed by atoms with E-state index >= 15 is 0 Å². The normalized spacial score (nSPS) is 11.2. The van der Waals surface area contributed by atoms with E-state index in [0.717, 1.165) is 0 Å². The molecule has 0 aliphatic rings. The van der Waals surface area contributed by atoms with Gasteiger partial charge in [-0.3, -0.25) is 9.59 Å². The predicted octanol–water partition coefficient (Wildman–Crippen LogP) is 2.23. The maximum absolute atomic E-state index is 11.5. The van der Waals surface area contributed by atoms with Crippen LogP contribution in [0.25, 0.3) is 0 Å². The average Bonchev–Trinajstić information content (AvgIpc) is 2.63. The highest BCUT2D eigenvalue weighted by Gasteiger charge is 2.09. The molecule has 0 N–H and O–H groups in total. The van der Waals surface area contributed by atoms with Crippen LogP contribution in [0.5, 0.6) is 0 Å². The second kappa shape index (κ2) is 19.1. The first-order chi connectivity index (χ1) is 13.4. The van der Waals surface area contributed by atoms with E-state index in [4.69, 9.17) is 28.4 Å². The van der Waals surface area contributed by atoms with E-state index in [2.05, 4.69) is 27.7 Å². The van der Waals surface area contributed by atoms with Gasteiger partial charge in [-0.05, 0) is 11.8 Å². The summed E-state index contributed by atoms with van der Waals surface area (Å²) in [5.74, 6) is 0.0916. The Hall–Kier alpha value is -1.22. The number of hydrogen-bond donors (Lipinski definition) is 0. The van der Waals surface area contributed by atoms with Gasteiger partial charge in [0.15, 0.2) is 0 Å². The Balaban J connectivity index is 3.36. The van der Waals surface area contributed by atoms with E-state index < -0.39 is 11.9 Å². The molecule has 0 aromatic rings. The van der Waals surface area contributed by atoms with E-state index in [0.29, 0.717) is 64.7 Å². The van der Waals surface area contributed by atoms with Gasteiger partial charge in [0.25, 0.3) is 0 Å². The predicted molar refractivity (Wildman–Crippen MR) is 104 cm³/mol. The van der Waals surface area contributed by atoms with Gasteiger partial charge in [-0.25, -0.2) is 0 Å². The van der Waals surface area contributed by atoms with Crippen molar-refractivity contribution in [2.45, 2.75) is 40.5 Å². The molecular formula is C20H38O8. The third-order valence-corrected chi connectivity index (χ3v) is 3.16. The van der Waals surface area contributed by atoms with Crippen molar-refractivity contribution in [3.63, 3.8) is 0 Å². The van der Waals surface area contributed by atoms with Gasteiger partial charge in [-0.1, -0.05) is 27.7 Å². The highest BCUT2D eigenvalue weighted by Crippen LogP contribution is 1.97. The Morgan fingerprint density at radius 3 is 1.21 bits per heavy atom. The molecule has 0 rings (SSSR count). The topological polar surface area (TPSA) is 89.5 Å². The Morgan fingerprint density at radius 2 is 0.857 bits per heavy atom. The van der Waals surface area contributed by atoms with E-state index in [-0.39, 0.29) is 26.1 Å². The van der Waals surface area contributed by atoms with Crippen LogP contribution in [0.1, 0.15) is 40.5 Å². The molecule has 0 aliphatic carbocycles. The molecule has 0 saturated carbocycles. The largest absolute Gasteiger partial charge is 0.463 e. The highest BCUT2D eigenvalue weighted by molar-refractivity contribution is 5.77. The molecule has 0 aliphatic heterocycles.